The van der Waals surface area contributed by atoms with E-state index in [-0.39, 0.29) is 18.4 Å². The van der Waals surface area contributed by atoms with Gasteiger partial charge in [0.1, 0.15) is 5.75 Å². The van der Waals surface area contributed by atoms with Crippen LogP contribution < -0.4 is 4.74 Å². The Balaban J connectivity index is 0.00000182. The van der Waals surface area contributed by atoms with E-state index in [1.54, 1.807) is 11.4 Å². The lowest BCUT2D eigenvalue weighted by Crippen LogP contribution is -2.57. The van der Waals surface area contributed by atoms with E-state index >= 15 is 0 Å². The van der Waals surface area contributed by atoms with Crippen LogP contribution in [0.15, 0.2) is 18.2 Å². The Morgan fingerprint density at radius 3 is 2.76 bits per heavy atom. The lowest BCUT2D eigenvalue weighted by Gasteiger charge is -2.51. The predicted octanol–water partition coefficient (Wildman–Crippen LogP) is 2.46. The molecule has 0 radical (unpaired) electrons. The molecule has 0 saturated carbocycles. The monoisotopic (exact) mass is 386 g/mol. The van der Waals surface area contributed by atoms with Crippen LogP contribution in [0.25, 0.3) is 0 Å². The molecule has 2 saturated heterocycles. The van der Waals surface area contributed by atoms with Gasteiger partial charge in [-0.25, -0.2) is 8.42 Å². The molecule has 5 nitrogen and oxygen atoms in total. The molecule has 140 valence electrons. The first-order chi connectivity index (χ1) is 11.5. The van der Waals surface area contributed by atoms with Crippen molar-refractivity contribution < 1.29 is 13.2 Å². The van der Waals surface area contributed by atoms with Gasteiger partial charge in [0.25, 0.3) is 0 Å². The van der Waals surface area contributed by atoms with E-state index in [1.165, 1.54) is 17.4 Å². The van der Waals surface area contributed by atoms with Gasteiger partial charge in [0, 0.05) is 31.7 Å². The van der Waals surface area contributed by atoms with Crippen molar-refractivity contribution in [3.63, 3.8) is 0 Å². The second-order valence-corrected chi connectivity index (χ2v) is 9.34. The molecule has 25 heavy (non-hydrogen) atoms. The van der Waals surface area contributed by atoms with Crippen molar-refractivity contribution in [2.45, 2.75) is 37.8 Å². The van der Waals surface area contributed by atoms with Gasteiger partial charge in [-0.3, -0.25) is 4.90 Å². The quantitative estimate of drug-likeness (QED) is 0.783. The molecule has 0 aromatic heterocycles. The first-order valence-electron chi connectivity index (χ1n) is 8.85. The third-order valence-electron chi connectivity index (χ3n) is 6.05. The van der Waals surface area contributed by atoms with Crippen LogP contribution in [0.2, 0.25) is 0 Å². The second-order valence-electron chi connectivity index (χ2n) is 7.40. The van der Waals surface area contributed by atoms with Crippen LogP contribution in [-0.2, 0) is 16.4 Å². The fourth-order valence-corrected chi connectivity index (χ4v) is 6.13. The van der Waals surface area contributed by atoms with Crippen LogP contribution in [0.5, 0.6) is 5.75 Å². The summed E-state index contributed by atoms with van der Waals surface area (Å²) in [7, 11) is -1.43. The lowest BCUT2D eigenvalue weighted by atomic mass is 9.77. The molecule has 0 N–H and O–H groups in total. The summed E-state index contributed by atoms with van der Waals surface area (Å²) in [6.07, 6.45) is 5.46. The predicted molar refractivity (Wildman–Crippen MR) is 101 cm³/mol. The summed E-state index contributed by atoms with van der Waals surface area (Å²) in [6, 6.07) is 6.82. The van der Waals surface area contributed by atoms with E-state index in [0.29, 0.717) is 18.5 Å². The standard InChI is InChI=1S/C18H26N2O3S.ClH/c1-23-15-6-5-13-7-9-19-12-14-4-3-8-20(24(2,21)22)17(14)11-18(19)16(13)10-15;/h5-6,10,14,17-18H,3-4,7-9,11-12H2,1-2H3;1H/t14-,17+,18+;/m1./s1. The molecule has 7 heteroatoms. The number of piperidine rings is 2. The molecule has 0 spiro atoms. The summed E-state index contributed by atoms with van der Waals surface area (Å²) in [4.78, 5) is 2.56. The number of rotatable bonds is 2. The number of fused-ring (bicyclic) bond motifs is 4. The average molecular weight is 387 g/mol. The molecule has 0 unspecified atom stereocenters. The fraction of sp³-hybridized carbons (Fsp3) is 0.667. The number of hydrogen-bond acceptors (Lipinski definition) is 4. The molecule has 3 heterocycles. The molecule has 0 bridgehead atoms. The first-order valence-corrected chi connectivity index (χ1v) is 10.7. The Morgan fingerprint density at radius 1 is 1.24 bits per heavy atom. The molecular weight excluding hydrogens is 360 g/mol. The van der Waals surface area contributed by atoms with Crippen LogP contribution in [0, 0.1) is 5.92 Å². The third kappa shape index (κ3) is 3.42. The second kappa shape index (κ2) is 7.06. The number of ether oxygens (including phenoxy) is 1. The van der Waals surface area contributed by atoms with Crippen LogP contribution in [0.1, 0.15) is 36.4 Å². The first kappa shape index (κ1) is 19.0. The molecule has 1 aromatic carbocycles. The van der Waals surface area contributed by atoms with Crippen molar-refractivity contribution in [3.05, 3.63) is 29.3 Å². The Labute approximate surface area is 156 Å². The molecule has 2 fully saturated rings. The maximum Gasteiger partial charge on any atom is 0.211 e. The van der Waals surface area contributed by atoms with Crippen LogP contribution in [-0.4, -0.2) is 56.7 Å². The number of sulfonamides is 1. The highest BCUT2D eigenvalue weighted by atomic mass is 35.5. The fourth-order valence-electron chi connectivity index (χ4n) is 4.92. The normalized spacial score (nSPS) is 29.8. The number of hydrogen-bond donors (Lipinski definition) is 0. The summed E-state index contributed by atoms with van der Waals surface area (Å²) < 4.78 is 31.7. The van der Waals surface area contributed by atoms with E-state index in [2.05, 4.69) is 17.0 Å². The Morgan fingerprint density at radius 2 is 2.04 bits per heavy atom. The van der Waals surface area contributed by atoms with Crippen molar-refractivity contribution in [3.8, 4) is 5.75 Å². The van der Waals surface area contributed by atoms with Gasteiger partial charge in [-0.1, -0.05) is 6.07 Å². The topological polar surface area (TPSA) is 49.9 Å². The Kier molecular flexibility index (Phi) is 5.36. The van der Waals surface area contributed by atoms with Gasteiger partial charge < -0.3 is 4.74 Å². The Hall–Kier alpha value is -0.820. The average Bonchev–Trinajstić information content (AvgIpc) is 2.58. The molecule has 4 rings (SSSR count). The highest BCUT2D eigenvalue weighted by molar-refractivity contribution is 7.88. The molecular formula is C18H27ClN2O3S. The zero-order valence-electron chi connectivity index (χ0n) is 14.8. The highest BCUT2D eigenvalue weighted by Gasteiger charge is 2.44. The van der Waals surface area contributed by atoms with Crippen LogP contribution in [0.3, 0.4) is 0 Å². The van der Waals surface area contributed by atoms with Gasteiger partial charge in [-0.15, -0.1) is 12.4 Å². The molecule has 0 aliphatic carbocycles. The molecule has 3 aliphatic rings. The minimum absolute atomic E-state index is 0. The third-order valence-corrected chi connectivity index (χ3v) is 7.35. The molecule has 3 aliphatic heterocycles. The van der Waals surface area contributed by atoms with Crippen LogP contribution in [0.4, 0.5) is 0 Å². The van der Waals surface area contributed by atoms with Crippen molar-refractivity contribution in [2.24, 2.45) is 5.92 Å². The number of halogens is 1. The van der Waals surface area contributed by atoms with E-state index in [0.717, 1.165) is 44.5 Å². The maximum absolute atomic E-state index is 12.2. The van der Waals surface area contributed by atoms with E-state index in [1.807, 2.05) is 6.07 Å². The van der Waals surface area contributed by atoms with Gasteiger partial charge in [0.15, 0.2) is 0 Å². The van der Waals surface area contributed by atoms with Gasteiger partial charge in [-0.05, 0) is 54.9 Å². The minimum atomic E-state index is -3.13. The minimum Gasteiger partial charge on any atom is -0.497 e. The number of benzene rings is 1. The number of methoxy groups -OCH3 is 1. The summed E-state index contributed by atoms with van der Waals surface area (Å²) in [5.74, 6) is 1.36. The van der Waals surface area contributed by atoms with Crippen molar-refractivity contribution in [1.29, 1.82) is 0 Å². The molecule has 0 amide bonds. The van der Waals surface area contributed by atoms with Gasteiger partial charge in [-0.2, -0.15) is 4.31 Å². The zero-order chi connectivity index (χ0) is 16.9. The SMILES string of the molecule is COc1ccc2c(c1)[C@@H]1C[C@H]3[C@H](CCCN3S(C)(=O)=O)CN1CC2.Cl. The highest BCUT2D eigenvalue weighted by Crippen LogP contribution is 2.44. The zero-order valence-corrected chi connectivity index (χ0v) is 16.5. The van der Waals surface area contributed by atoms with Gasteiger partial charge >= 0.3 is 0 Å². The van der Waals surface area contributed by atoms with E-state index in [4.69, 9.17) is 4.74 Å². The summed E-state index contributed by atoms with van der Waals surface area (Å²) in [5, 5.41) is 0. The summed E-state index contributed by atoms with van der Waals surface area (Å²) in [6.45, 7) is 2.77. The van der Waals surface area contributed by atoms with Crippen molar-refractivity contribution in [2.75, 3.05) is 33.0 Å². The lowest BCUT2D eigenvalue weighted by molar-refractivity contribution is 0.0221. The van der Waals surface area contributed by atoms with E-state index < -0.39 is 10.0 Å². The van der Waals surface area contributed by atoms with Gasteiger partial charge in [0.2, 0.25) is 10.0 Å². The van der Waals surface area contributed by atoms with Crippen LogP contribution >= 0.6 is 12.4 Å². The summed E-state index contributed by atoms with van der Waals surface area (Å²) in [5.41, 5.74) is 2.72. The maximum atomic E-state index is 12.2. The summed E-state index contributed by atoms with van der Waals surface area (Å²) >= 11 is 0. The molecule has 3 atom stereocenters. The van der Waals surface area contributed by atoms with Gasteiger partial charge in [0.05, 0.1) is 13.4 Å². The molecule has 1 aromatic rings. The van der Waals surface area contributed by atoms with E-state index in [9.17, 15) is 8.42 Å². The number of nitrogens with zero attached hydrogens (tertiary/aromatic N) is 2. The smallest absolute Gasteiger partial charge is 0.211 e. The largest absolute Gasteiger partial charge is 0.497 e. The van der Waals surface area contributed by atoms with Crippen molar-refractivity contribution in [1.82, 2.24) is 9.21 Å². The Bertz CT molecular complexity index is 740. The van der Waals surface area contributed by atoms with Crippen molar-refractivity contribution >= 4 is 22.4 Å².